The van der Waals surface area contributed by atoms with Crippen LogP contribution < -0.4 is 5.32 Å². The Hall–Kier alpha value is -1.17. The minimum atomic E-state index is 0. The number of thiophene rings is 2. The third-order valence-corrected chi connectivity index (χ3v) is 6.03. The zero-order valence-corrected chi connectivity index (χ0v) is 20.1. The Morgan fingerprint density at radius 3 is 2.70 bits per heavy atom. The molecule has 3 heterocycles. The molecule has 0 radical (unpaired) electrons. The number of aromatic nitrogens is 3. The molecule has 0 aliphatic heterocycles. The van der Waals surface area contributed by atoms with Crippen molar-refractivity contribution in [2.75, 3.05) is 7.05 Å². The van der Waals surface area contributed by atoms with Gasteiger partial charge in [0.15, 0.2) is 11.8 Å². The van der Waals surface area contributed by atoms with Gasteiger partial charge < -0.3 is 14.8 Å². The van der Waals surface area contributed by atoms with E-state index >= 15 is 0 Å². The van der Waals surface area contributed by atoms with Crippen LogP contribution in [0.4, 0.5) is 0 Å². The van der Waals surface area contributed by atoms with E-state index in [9.17, 15) is 0 Å². The summed E-state index contributed by atoms with van der Waals surface area (Å²) < 4.78 is 2.76. The molecule has 3 aromatic rings. The minimum absolute atomic E-state index is 0. The van der Waals surface area contributed by atoms with Gasteiger partial charge in [-0.15, -0.1) is 56.8 Å². The van der Waals surface area contributed by atoms with Gasteiger partial charge in [-0.1, -0.05) is 17.7 Å². The summed E-state index contributed by atoms with van der Waals surface area (Å²) in [5.41, 5.74) is 0. The molecule has 0 amide bonds. The molecule has 0 aliphatic carbocycles. The largest absolute Gasteiger partial charge is 0.351 e. The van der Waals surface area contributed by atoms with E-state index in [1.54, 1.807) is 22.7 Å². The molecule has 1 N–H and O–H groups in total. The van der Waals surface area contributed by atoms with Crippen LogP contribution in [0.1, 0.15) is 21.4 Å². The highest BCUT2D eigenvalue weighted by Crippen LogP contribution is 2.22. The molecule has 0 bridgehead atoms. The number of guanidine groups is 1. The summed E-state index contributed by atoms with van der Waals surface area (Å²) in [4.78, 5) is 9.31. The first-order valence-electron chi connectivity index (χ1n) is 8.14. The summed E-state index contributed by atoms with van der Waals surface area (Å²) in [5.74, 6) is 2.54. The molecule has 0 saturated heterocycles. The van der Waals surface area contributed by atoms with Crippen molar-refractivity contribution in [2.45, 2.75) is 26.6 Å². The predicted octanol–water partition coefficient (Wildman–Crippen LogP) is 4.30. The molecule has 0 spiro atoms. The summed E-state index contributed by atoms with van der Waals surface area (Å²) in [6.45, 7) is 3.89. The standard InChI is InChI=1S/C17H21ClN6S2.HI/c1-12-21-22-16(24(12)3)10-20-17(19-9-13-5-4-8-25-13)23(2)11-14-6-7-15(18)26-14;/h4-8H,9-11H2,1-3H3,(H,19,20);1H. The Kier molecular flexibility index (Phi) is 8.52. The molecule has 6 nitrogen and oxygen atoms in total. The third-order valence-electron chi connectivity index (χ3n) is 3.94. The molecule has 0 saturated carbocycles. The molecule has 0 unspecified atom stereocenters. The number of hydrogen-bond acceptors (Lipinski definition) is 5. The van der Waals surface area contributed by atoms with Gasteiger partial charge in [-0.25, -0.2) is 4.99 Å². The van der Waals surface area contributed by atoms with Crippen LogP contribution in [-0.2, 0) is 26.7 Å². The molecule has 0 fully saturated rings. The highest BCUT2D eigenvalue weighted by atomic mass is 127. The molecule has 146 valence electrons. The van der Waals surface area contributed by atoms with E-state index in [0.29, 0.717) is 6.54 Å². The molecule has 0 atom stereocenters. The summed E-state index contributed by atoms with van der Waals surface area (Å²) in [7, 11) is 3.98. The number of aryl methyl sites for hydroxylation is 1. The Morgan fingerprint density at radius 2 is 2.11 bits per heavy atom. The average molecular weight is 537 g/mol. The van der Waals surface area contributed by atoms with Crippen molar-refractivity contribution in [3.63, 3.8) is 0 Å². The molecule has 0 aromatic carbocycles. The smallest absolute Gasteiger partial charge is 0.194 e. The molecule has 3 rings (SSSR count). The lowest BCUT2D eigenvalue weighted by Gasteiger charge is -2.21. The van der Waals surface area contributed by atoms with Crippen molar-refractivity contribution in [2.24, 2.45) is 12.0 Å². The fourth-order valence-electron chi connectivity index (χ4n) is 2.37. The van der Waals surface area contributed by atoms with Gasteiger partial charge in [0.05, 0.1) is 17.4 Å². The molecular weight excluding hydrogens is 515 g/mol. The van der Waals surface area contributed by atoms with Crippen LogP contribution in [0, 0.1) is 6.92 Å². The van der Waals surface area contributed by atoms with Crippen LogP contribution in [0.15, 0.2) is 34.6 Å². The van der Waals surface area contributed by atoms with Crippen LogP contribution in [0.5, 0.6) is 0 Å². The SMILES string of the molecule is Cc1nnc(CN=C(NCc2cccs2)N(C)Cc2ccc(Cl)s2)n1C.I. The van der Waals surface area contributed by atoms with Crippen LogP contribution in [0.25, 0.3) is 0 Å². The van der Waals surface area contributed by atoms with E-state index in [0.717, 1.165) is 35.0 Å². The number of nitrogens with zero attached hydrogens (tertiary/aromatic N) is 5. The fraction of sp³-hybridized carbons (Fsp3) is 0.353. The van der Waals surface area contributed by atoms with Crippen LogP contribution in [0.2, 0.25) is 4.34 Å². The monoisotopic (exact) mass is 536 g/mol. The molecule has 3 aromatic heterocycles. The van der Waals surface area contributed by atoms with E-state index < -0.39 is 0 Å². The summed E-state index contributed by atoms with van der Waals surface area (Å²) in [5, 5.41) is 13.8. The second-order valence-corrected chi connectivity index (χ2v) is 8.69. The number of halogens is 2. The lowest BCUT2D eigenvalue weighted by atomic mass is 10.4. The lowest BCUT2D eigenvalue weighted by molar-refractivity contribution is 0.478. The molecule has 10 heteroatoms. The number of aliphatic imine (C=N–C) groups is 1. The molecule has 0 aliphatic rings. The third kappa shape index (κ3) is 6.16. The van der Waals surface area contributed by atoms with E-state index in [-0.39, 0.29) is 24.0 Å². The topological polar surface area (TPSA) is 58.3 Å². The Morgan fingerprint density at radius 1 is 1.30 bits per heavy atom. The number of hydrogen-bond donors (Lipinski definition) is 1. The van der Waals surface area contributed by atoms with Gasteiger partial charge in [0.1, 0.15) is 12.4 Å². The van der Waals surface area contributed by atoms with Gasteiger partial charge >= 0.3 is 0 Å². The van der Waals surface area contributed by atoms with Crippen molar-refractivity contribution < 1.29 is 0 Å². The number of rotatable bonds is 6. The van der Waals surface area contributed by atoms with E-state index in [4.69, 9.17) is 16.6 Å². The second kappa shape index (κ2) is 10.4. The Labute approximate surface area is 189 Å². The first kappa shape index (κ1) is 22.1. The molecule has 27 heavy (non-hydrogen) atoms. The number of nitrogens with one attached hydrogen (secondary N) is 1. The molecular formula is C17H22ClIN6S2. The maximum atomic E-state index is 6.05. The van der Waals surface area contributed by atoms with E-state index in [2.05, 4.69) is 37.9 Å². The van der Waals surface area contributed by atoms with Crippen LogP contribution >= 0.6 is 58.3 Å². The highest BCUT2D eigenvalue weighted by Gasteiger charge is 2.11. The average Bonchev–Trinajstić information content (AvgIpc) is 3.33. The Bertz CT molecular complexity index is 874. The maximum Gasteiger partial charge on any atom is 0.194 e. The van der Waals surface area contributed by atoms with Crippen molar-refractivity contribution in [3.8, 4) is 0 Å². The van der Waals surface area contributed by atoms with Gasteiger partial charge in [-0.05, 0) is 30.5 Å². The van der Waals surface area contributed by atoms with Gasteiger partial charge in [-0.3, -0.25) is 0 Å². The second-order valence-electron chi connectivity index (χ2n) is 5.86. The quantitative estimate of drug-likeness (QED) is 0.290. The normalized spacial score (nSPS) is 11.3. The van der Waals surface area contributed by atoms with Gasteiger partial charge in [0.25, 0.3) is 0 Å². The van der Waals surface area contributed by atoms with Crippen LogP contribution in [-0.4, -0.2) is 32.7 Å². The maximum absolute atomic E-state index is 6.05. The van der Waals surface area contributed by atoms with E-state index in [1.807, 2.05) is 37.7 Å². The highest BCUT2D eigenvalue weighted by molar-refractivity contribution is 14.0. The van der Waals surface area contributed by atoms with Crippen molar-refractivity contribution in [1.82, 2.24) is 25.0 Å². The van der Waals surface area contributed by atoms with Gasteiger partial charge in [0.2, 0.25) is 0 Å². The van der Waals surface area contributed by atoms with Crippen molar-refractivity contribution in [3.05, 3.63) is 55.4 Å². The zero-order chi connectivity index (χ0) is 18.5. The van der Waals surface area contributed by atoms with E-state index in [1.165, 1.54) is 9.75 Å². The van der Waals surface area contributed by atoms with Gasteiger partial charge in [-0.2, -0.15) is 0 Å². The first-order chi connectivity index (χ1) is 12.5. The van der Waals surface area contributed by atoms with Gasteiger partial charge in [0, 0.05) is 23.8 Å². The first-order valence-corrected chi connectivity index (χ1v) is 10.2. The van der Waals surface area contributed by atoms with Crippen LogP contribution in [0.3, 0.4) is 0 Å². The predicted molar refractivity (Wildman–Crippen MR) is 124 cm³/mol. The Balaban J connectivity index is 0.00000261. The van der Waals surface area contributed by atoms with Crippen molar-refractivity contribution >= 4 is 64.2 Å². The summed E-state index contributed by atoms with van der Waals surface area (Å²) in [6.07, 6.45) is 0. The summed E-state index contributed by atoms with van der Waals surface area (Å²) >= 11 is 9.36. The summed E-state index contributed by atoms with van der Waals surface area (Å²) in [6, 6.07) is 8.14. The van der Waals surface area contributed by atoms with Crippen molar-refractivity contribution in [1.29, 1.82) is 0 Å². The lowest BCUT2D eigenvalue weighted by Crippen LogP contribution is -2.38. The fourth-order valence-corrected chi connectivity index (χ4v) is 4.16. The minimum Gasteiger partial charge on any atom is -0.351 e. The zero-order valence-electron chi connectivity index (χ0n) is 15.3.